The maximum absolute atomic E-state index is 13.0. The highest BCUT2D eigenvalue weighted by molar-refractivity contribution is 6.37. The average molecular weight is 341 g/mol. The van der Waals surface area contributed by atoms with Crippen molar-refractivity contribution in [2.45, 2.75) is 0 Å². The number of hydrogen-bond donors (Lipinski definition) is 0. The quantitative estimate of drug-likeness (QED) is 0.763. The molecule has 0 aliphatic carbocycles. The first-order valence-electron chi connectivity index (χ1n) is 6.32. The smallest absolute Gasteiger partial charge is 0.205 e. The molecule has 0 amide bonds. The largest absolute Gasteiger partial charge is 0.496 e. The van der Waals surface area contributed by atoms with Crippen molar-refractivity contribution in [3.63, 3.8) is 0 Å². The molecule has 0 heterocycles. The Bertz CT molecular complexity index is 714. The molecule has 22 heavy (non-hydrogen) atoms. The minimum atomic E-state index is -0.390. The normalized spacial score (nSPS) is 10.2. The van der Waals surface area contributed by atoms with Gasteiger partial charge in [-0.1, -0.05) is 29.3 Å². The zero-order valence-corrected chi connectivity index (χ0v) is 13.8. The van der Waals surface area contributed by atoms with E-state index in [1.54, 1.807) is 30.3 Å². The van der Waals surface area contributed by atoms with E-state index in [-0.39, 0.29) is 21.9 Å². The number of benzene rings is 2. The number of halogens is 2. The molecular formula is C16H14Cl2O4. The molecule has 0 spiro atoms. The molecule has 4 nitrogen and oxygen atoms in total. The summed E-state index contributed by atoms with van der Waals surface area (Å²) in [6, 6.07) is 8.16. The van der Waals surface area contributed by atoms with Crippen molar-refractivity contribution in [3.8, 4) is 17.2 Å². The summed E-state index contributed by atoms with van der Waals surface area (Å²) in [6.45, 7) is 0. The Labute approximate surface area is 138 Å². The molecule has 0 aliphatic heterocycles. The SMILES string of the molecule is COc1cccc(Cl)c1C(=O)c1c(OC)ccc(Cl)c1OC. The molecule has 0 bridgehead atoms. The van der Waals surface area contributed by atoms with Gasteiger partial charge in [-0.05, 0) is 24.3 Å². The zero-order chi connectivity index (χ0) is 16.3. The second-order valence-corrected chi connectivity index (χ2v) is 5.12. The third kappa shape index (κ3) is 2.85. The predicted octanol–water partition coefficient (Wildman–Crippen LogP) is 4.25. The predicted molar refractivity (Wildman–Crippen MR) is 86.0 cm³/mol. The van der Waals surface area contributed by atoms with Crippen molar-refractivity contribution < 1.29 is 19.0 Å². The van der Waals surface area contributed by atoms with Gasteiger partial charge in [-0.15, -0.1) is 0 Å². The summed E-state index contributed by atoms with van der Waals surface area (Å²) < 4.78 is 15.7. The molecule has 2 rings (SSSR count). The summed E-state index contributed by atoms with van der Waals surface area (Å²) in [5, 5.41) is 0.575. The van der Waals surface area contributed by atoms with Crippen LogP contribution in [0, 0.1) is 0 Å². The van der Waals surface area contributed by atoms with Gasteiger partial charge in [0, 0.05) is 0 Å². The lowest BCUT2D eigenvalue weighted by Gasteiger charge is -2.15. The van der Waals surface area contributed by atoms with Gasteiger partial charge in [-0.2, -0.15) is 0 Å². The van der Waals surface area contributed by atoms with Crippen LogP contribution in [0.2, 0.25) is 10.0 Å². The molecule has 0 aromatic heterocycles. The second kappa shape index (κ2) is 6.90. The summed E-state index contributed by atoms with van der Waals surface area (Å²) >= 11 is 12.3. The van der Waals surface area contributed by atoms with Gasteiger partial charge < -0.3 is 14.2 Å². The first-order chi connectivity index (χ1) is 10.5. The zero-order valence-electron chi connectivity index (χ0n) is 12.3. The maximum atomic E-state index is 13.0. The van der Waals surface area contributed by atoms with E-state index in [9.17, 15) is 4.79 Å². The van der Waals surface area contributed by atoms with Crippen molar-refractivity contribution in [3.05, 3.63) is 51.5 Å². The van der Waals surface area contributed by atoms with Crippen LogP contribution in [0.3, 0.4) is 0 Å². The Morgan fingerprint density at radius 1 is 0.818 bits per heavy atom. The molecule has 2 aromatic carbocycles. The summed E-state index contributed by atoms with van der Waals surface area (Å²) in [5.74, 6) is 0.543. The van der Waals surface area contributed by atoms with Crippen LogP contribution in [0.5, 0.6) is 17.2 Å². The van der Waals surface area contributed by atoms with Crippen molar-refractivity contribution in [2.24, 2.45) is 0 Å². The van der Waals surface area contributed by atoms with Crippen LogP contribution >= 0.6 is 23.2 Å². The van der Waals surface area contributed by atoms with Gasteiger partial charge in [-0.3, -0.25) is 4.79 Å². The number of methoxy groups -OCH3 is 3. The highest BCUT2D eigenvalue weighted by Crippen LogP contribution is 2.39. The molecule has 0 fully saturated rings. The Balaban J connectivity index is 2.72. The van der Waals surface area contributed by atoms with E-state index in [0.29, 0.717) is 16.5 Å². The van der Waals surface area contributed by atoms with E-state index in [2.05, 4.69) is 0 Å². The number of carbonyl (C=O) groups is 1. The Kier molecular flexibility index (Phi) is 5.16. The summed E-state index contributed by atoms with van der Waals surface area (Å²) in [6.07, 6.45) is 0. The Morgan fingerprint density at radius 3 is 2.05 bits per heavy atom. The molecule has 2 aromatic rings. The molecule has 0 saturated carbocycles. The first kappa shape index (κ1) is 16.5. The Hall–Kier alpha value is -1.91. The van der Waals surface area contributed by atoms with Crippen molar-refractivity contribution >= 4 is 29.0 Å². The number of carbonyl (C=O) groups excluding carboxylic acids is 1. The molecule has 0 N–H and O–H groups in total. The van der Waals surface area contributed by atoms with Crippen molar-refractivity contribution in [2.75, 3.05) is 21.3 Å². The lowest BCUT2D eigenvalue weighted by atomic mass is 10.00. The lowest BCUT2D eigenvalue weighted by molar-refractivity contribution is 0.103. The van der Waals surface area contributed by atoms with E-state index < -0.39 is 5.78 Å². The van der Waals surface area contributed by atoms with Crippen LogP contribution in [0.25, 0.3) is 0 Å². The number of rotatable bonds is 5. The first-order valence-corrected chi connectivity index (χ1v) is 7.08. The topological polar surface area (TPSA) is 44.8 Å². The Morgan fingerprint density at radius 2 is 1.45 bits per heavy atom. The van der Waals surface area contributed by atoms with Gasteiger partial charge in [0.25, 0.3) is 0 Å². The second-order valence-electron chi connectivity index (χ2n) is 4.30. The monoisotopic (exact) mass is 340 g/mol. The minimum absolute atomic E-state index is 0.198. The summed E-state index contributed by atoms with van der Waals surface area (Å²) in [7, 11) is 4.36. The summed E-state index contributed by atoms with van der Waals surface area (Å²) in [5.41, 5.74) is 0.425. The van der Waals surface area contributed by atoms with Gasteiger partial charge in [0.05, 0.1) is 36.9 Å². The van der Waals surface area contributed by atoms with Crippen molar-refractivity contribution in [1.29, 1.82) is 0 Å². The third-order valence-corrected chi connectivity index (χ3v) is 3.76. The van der Waals surface area contributed by atoms with Gasteiger partial charge >= 0.3 is 0 Å². The van der Waals surface area contributed by atoms with Crippen LogP contribution in [0.15, 0.2) is 30.3 Å². The van der Waals surface area contributed by atoms with Crippen LogP contribution in [0.1, 0.15) is 15.9 Å². The molecule has 116 valence electrons. The maximum Gasteiger partial charge on any atom is 0.205 e. The van der Waals surface area contributed by atoms with Gasteiger partial charge in [0.2, 0.25) is 5.78 Å². The fourth-order valence-electron chi connectivity index (χ4n) is 2.14. The molecule has 0 atom stereocenters. The minimum Gasteiger partial charge on any atom is -0.496 e. The van der Waals surface area contributed by atoms with Crippen LogP contribution < -0.4 is 14.2 Å². The van der Waals surface area contributed by atoms with E-state index in [0.717, 1.165) is 0 Å². The molecule has 6 heteroatoms. The average Bonchev–Trinajstić information content (AvgIpc) is 2.53. The van der Waals surface area contributed by atoms with E-state index in [1.165, 1.54) is 21.3 Å². The van der Waals surface area contributed by atoms with Crippen LogP contribution in [-0.2, 0) is 0 Å². The third-order valence-electron chi connectivity index (χ3n) is 3.14. The van der Waals surface area contributed by atoms with Crippen LogP contribution in [0.4, 0.5) is 0 Å². The standard InChI is InChI=1S/C16H14Cl2O4/c1-20-11-6-4-5-9(17)13(11)15(19)14-12(21-2)8-7-10(18)16(14)22-3/h4-8H,1-3H3. The van der Waals surface area contributed by atoms with Crippen molar-refractivity contribution in [1.82, 2.24) is 0 Å². The van der Waals surface area contributed by atoms with Crippen LogP contribution in [-0.4, -0.2) is 27.1 Å². The van der Waals surface area contributed by atoms with Gasteiger partial charge in [-0.25, -0.2) is 0 Å². The fraction of sp³-hybridized carbons (Fsp3) is 0.188. The highest BCUT2D eigenvalue weighted by Gasteiger charge is 2.26. The number of ketones is 1. The van der Waals surface area contributed by atoms with E-state index >= 15 is 0 Å². The van der Waals surface area contributed by atoms with E-state index in [4.69, 9.17) is 37.4 Å². The van der Waals surface area contributed by atoms with E-state index in [1.807, 2.05) is 0 Å². The van der Waals surface area contributed by atoms with Gasteiger partial charge in [0.1, 0.15) is 17.1 Å². The number of ether oxygens (including phenoxy) is 3. The van der Waals surface area contributed by atoms with Gasteiger partial charge in [0.15, 0.2) is 5.75 Å². The molecular weight excluding hydrogens is 327 g/mol. The number of hydrogen-bond acceptors (Lipinski definition) is 4. The fourth-order valence-corrected chi connectivity index (χ4v) is 2.63. The highest BCUT2D eigenvalue weighted by atomic mass is 35.5. The molecule has 0 aliphatic rings. The molecule has 0 radical (unpaired) electrons. The summed E-state index contributed by atoms with van der Waals surface area (Å²) in [4.78, 5) is 13.0. The molecule has 0 unspecified atom stereocenters. The molecule has 0 saturated heterocycles. The lowest BCUT2D eigenvalue weighted by Crippen LogP contribution is -2.09.